The van der Waals surface area contributed by atoms with Crippen LogP contribution in [0, 0.1) is 20.8 Å². The zero-order chi connectivity index (χ0) is 25.7. The Balaban J connectivity index is 1.43. The number of ether oxygens (including phenoxy) is 2. The summed E-state index contributed by atoms with van der Waals surface area (Å²) in [5, 5.41) is 4.03. The van der Waals surface area contributed by atoms with Gasteiger partial charge in [-0.25, -0.2) is 0 Å². The van der Waals surface area contributed by atoms with E-state index in [1.54, 1.807) is 6.08 Å². The second-order valence-electron chi connectivity index (χ2n) is 8.93. The van der Waals surface area contributed by atoms with Gasteiger partial charge in [-0.15, -0.1) is 0 Å². The van der Waals surface area contributed by atoms with Gasteiger partial charge in [0.15, 0.2) is 0 Å². The van der Waals surface area contributed by atoms with Crippen LogP contribution in [-0.4, -0.2) is 12.5 Å². The van der Waals surface area contributed by atoms with Crippen molar-refractivity contribution in [2.75, 3.05) is 6.61 Å². The maximum atomic E-state index is 12.7. The van der Waals surface area contributed by atoms with Gasteiger partial charge in [-0.1, -0.05) is 42.5 Å². The van der Waals surface area contributed by atoms with Crippen LogP contribution in [0.4, 0.5) is 0 Å². The van der Waals surface area contributed by atoms with Crippen LogP contribution in [0.3, 0.4) is 0 Å². The Morgan fingerprint density at radius 3 is 2.36 bits per heavy atom. The molecule has 0 aliphatic rings. The molecule has 36 heavy (non-hydrogen) atoms. The number of allylic oxidation sites excluding steroid dienone is 1. The lowest BCUT2D eigenvalue weighted by Gasteiger charge is -2.14. The summed E-state index contributed by atoms with van der Waals surface area (Å²) in [6.45, 7) is 11.4. The summed E-state index contributed by atoms with van der Waals surface area (Å²) in [7, 11) is 0. The third kappa shape index (κ3) is 5.62. The van der Waals surface area contributed by atoms with Gasteiger partial charge in [-0.2, -0.15) is 0 Å². The molecule has 0 aliphatic carbocycles. The van der Waals surface area contributed by atoms with Gasteiger partial charge in [0.05, 0.1) is 6.61 Å². The van der Waals surface area contributed by atoms with E-state index in [9.17, 15) is 4.79 Å². The fourth-order valence-electron chi connectivity index (χ4n) is 4.19. The van der Waals surface area contributed by atoms with Crippen LogP contribution in [0.25, 0.3) is 16.5 Å². The third-order valence-electron chi connectivity index (χ3n) is 6.35. The first-order valence-corrected chi connectivity index (χ1v) is 12.3. The van der Waals surface area contributed by atoms with Crippen molar-refractivity contribution in [1.82, 2.24) is 5.32 Å². The molecule has 0 spiro atoms. The summed E-state index contributed by atoms with van der Waals surface area (Å²) in [4.78, 5) is 12.7. The number of carbonyl (C=O) groups excluding carboxylic acids is 1. The summed E-state index contributed by atoms with van der Waals surface area (Å²) in [5.74, 6) is 2.29. The first-order chi connectivity index (χ1) is 17.4. The van der Waals surface area contributed by atoms with E-state index in [0.29, 0.717) is 19.8 Å². The molecule has 5 heteroatoms. The number of rotatable bonds is 9. The topological polar surface area (TPSA) is 60.7 Å². The molecular weight excluding hydrogens is 450 g/mol. The lowest BCUT2D eigenvalue weighted by Crippen LogP contribution is -2.20. The van der Waals surface area contributed by atoms with Crippen molar-refractivity contribution in [2.45, 2.75) is 47.8 Å². The molecule has 0 radical (unpaired) electrons. The van der Waals surface area contributed by atoms with E-state index in [2.05, 4.69) is 18.3 Å². The zero-order valence-electron chi connectivity index (χ0n) is 21.6. The lowest BCUT2D eigenvalue weighted by atomic mass is 9.98. The van der Waals surface area contributed by atoms with Gasteiger partial charge in [0.25, 0.3) is 0 Å². The molecule has 0 bridgehead atoms. The molecule has 1 heterocycles. The van der Waals surface area contributed by atoms with E-state index in [1.165, 1.54) is 0 Å². The Hall–Kier alpha value is -3.99. The van der Waals surface area contributed by atoms with Crippen molar-refractivity contribution in [3.8, 4) is 11.5 Å². The van der Waals surface area contributed by atoms with Crippen LogP contribution in [0.2, 0.25) is 0 Å². The van der Waals surface area contributed by atoms with Crippen LogP contribution in [0.1, 0.15) is 47.4 Å². The quantitative estimate of drug-likeness (QED) is 0.259. The van der Waals surface area contributed by atoms with Gasteiger partial charge in [0.1, 0.15) is 29.4 Å². The molecular formula is C31H33NO4. The van der Waals surface area contributed by atoms with Crippen molar-refractivity contribution < 1.29 is 18.7 Å². The number of furan rings is 1. The number of aryl methyl sites for hydroxylation is 3. The molecule has 0 atom stereocenters. The second kappa shape index (κ2) is 11.2. The minimum absolute atomic E-state index is 0.155. The molecule has 1 amide bonds. The van der Waals surface area contributed by atoms with Crippen LogP contribution in [0.5, 0.6) is 11.5 Å². The van der Waals surface area contributed by atoms with Gasteiger partial charge in [-0.05, 0) is 75.1 Å². The highest BCUT2D eigenvalue weighted by Crippen LogP contribution is 2.38. The molecule has 186 valence electrons. The van der Waals surface area contributed by atoms with E-state index in [4.69, 9.17) is 13.9 Å². The summed E-state index contributed by atoms with van der Waals surface area (Å²) >= 11 is 0. The molecule has 0 unspecified atom stereocenters. The molecule has 5 nitrogen and oxygen atoms in total. The first-order valence-electron chi connectivity index (χ1n) is 12.3. The standard InChI is InChI=1S/C31H33NO4/c1-6-34-30-22(4)31-28(21(3)23(5)36-31)17-27(30)20(2)16-29(33)32-18-24-12-14-26(15-13-24)35-19-25-10-8-7-9-11-25/h7-17H,6,18-19H2,1-5H3,(H,32,33)/b20-16+. The molecule has 0 aliphatic heterocycles. The van der Waals surface area contributed by atoms with Crippen LogP contribution in [-0.2, 0) is 17.9 Å². The van der Waals surface area contributed by atoms with Crippen molar-refractivity contribution >= 4 is 22.4 Å². The Morgan fingerprint density at radius 1 is 0.944 bits per heavy atom. The van der Waals surface area contributed by atoms with E-state index in [1.807, 2.05) is 82.3 Å². The van der Waals surface area contributed by atoms with E-state index >= 15 is 0 Å². The summed E-state index contributed by atoms with van der Waals surface area (Å²) < 4.78 is 17.8. The fraction of sp³-hybridized carbons (Fsp3) is 0.258. The number of carbonyl (C=O) groups is 1. The van der Waals surface area contributed by atoms with Gasteiger partial charge < -0.3 is 19.2 Å². The van der Waals surface area contributed by atoms with E-state index < -0.39 is 0 Å². The summed E-state index contributed by atoms with van der Waals surface area (Å²) in [6.07, 6.45) is 1.63. The minimum Gasteiger partial charge on any atom is -0.493 e. The predicted molar refractivity (Wildman–Crippen MR) is 144 cm³/mol. The van der Waals surface area contributed by atoms with Gasteiger partial charge in [0.2, 0.25) is 5.91 Å². The SMILES string of the molecule is CCOc1c(/C(C)=C/C(=O)NCc2ccc(OCc3ccccc3)cc2)cc2c(C)c(C)oc2c1C. The molecule has 0 saturated carbocycles. The van der Waals surface area contributed by atoms with Crippen LogP contribution < -0.4 is 14.8 Å². The van der Waals surface area contributed by atoms with Gasteiger partial charge in [-0.3, -0.25) is 4.79 Å². The average molecular weight is 484 g/mol. The van der Waals surface area contributed by atoms with Gasteiger partial charge in [0, 0.05) is 29.1 Å². The third-order valence-corrected chi connectivity index (χ3v) is 6.35. The van der Waals surface area contributed by atoms with E-state index in [-0.39, 0.29) is 5.91 Å². The molecule has 0 saturated heterocycles. The molecule has 4 rings (SSSR count). The van der Waals surface area contributed by atoms with Crippen molar-refractivity contribution in [2.24, 2.45) is 0 Å². The number of hydrogen-bond donors (Lipinski definition) is 1. The highest BCUT2D eigenvalue weighted by atomic mass is 16.5. The Labute approximate surface area is 212 Å². The molecule has 0 fully saturated rings. The monoisotopic (exact) mass is 483 g/mol. The Bertz CT molecular complexity index is 1380. The lowest BCUT2D eigenvalue weighted by molar-refractivity contribution is -0.116. The highest BCUT2D eigenvalue weighted by molar-refractivity contribution is 5.98. The van der Waals surface area contributed by atoms with Crippen LogP contribution in [0.15, 0.2) is 71.2 Å². The number of benzene rings is 3. The molecule has 1 aromatic heterocycles. The zero-order valence-corrected chi connectivity index (χ0v) is 21.6. The maximum absolute atomic E-state index is 12.7. The summed E-state index contributed by atoms with van der Waals surface area (Å²) in [6, 6.07) is 19.9. The molecule has 4 aromatic rings. The smallest absolute Gasteiger partial charge is 0.244 e. The Kier molecular flexibility index (Phi) is 7.79. The van der Waals surface area contributed by atoms with Crippen molar-refractivity contribution in [3.63, 3.8) is 0 Å². The van der Waals surface area contributed by atoms with Crippen molar-refractivity contribution in [1.29, 1.82) is 0 Å². The number of hydrogen-bond acceptors (Lipinski definition) is 4. The van der Waals surface area contributed by atoms with E-state index in [0.717, 1.165) is 61.6 Å². The average Bonchev–Trinajstić information content (AvgIpc) is 3.18. The maximum Gasteiger partial charge on any atom is 0.244 e. The molecule has 3 aromatic carbocycles. The highest BCUT2D eigenvalue weighted by Gasteiger charge is 2.18. The Morgan fingerprint density at radius 2 is 1.67 bits per heavy atom. The minimum atomic E-state index is -0.155. The second-order valence-corrected chi connectivity index (χ2v) is 8.93. The molecule has 1 N–H and O–H groups in total. The first kappa shape index (κ1) is 25.1. The number of fused-ring (bicyclic) bond motifs is 1. The number of amides is 1. The largest absolute Gasteiger partial charge is 0.493 e. The normalized spacial score (nSPS) is 11.5. The van der Waals surface area contributed by atoms with Crippen molar-refractivity contribution in [3.05, 3.63) is 100 Å². The van der Waals surface area contributed by atoms with Crippen LogP contribution >= 0.6 is 0 Å². The fourth-order valence-corrected chi connectivity index (χ4v) is 4.19. The summed E-state index contributed by atoms with van der Waals surface area (Å²) in [5.41, 5.74) is 6.75. The number of nitrogens with one attached hydrogen (secondary N) is 1. The predicted octanol–water partition coefficient (Wildman–Crippen LogP) is 7.06. The van der Waals surface area contributed by atoms with Gasteiger partial charge >= 0.3 is 0 Å².